The Kier molecular flexibility index (Phi) is 5.96. The minimum Gasteiger partial charge on any atom is -0.353 e. The van der Waals surface area contributed by atoms with Crippen molar-refractivity contribution in [2.24, 2.45) is 11.8 Å². The van der Waals surface area contributed by atoms with Crippen LogP contribution in [-0.4, -0.2) is 36.5 Å². The molecule has 17 heavy (non-hydrogen) atoms. The Morgan fingerprint density at radius 2 is 1.76 bits per heavy atom. The van der Waals surface area contributed by atoms with Gasteiger partial charge in [0.1, 0.15) is 0 Å². The molecule has 0 saturated carbocycles. The first-order valence-electron chi connectivity index (χ1n) is 7.03. The molecule has 1 aliphatic heterocycles. The summed E-state index contributed by atoms with van der Waals surface area (Å²) in [5, 5.41) is 3.17. The van der Waals surface area contributed by atoms with Crippen molar-refractivity contribution in [2.75, 3.05) is 19.6 Å². The lowest BCUT2D eigenvalue weighted by atomic mass is 9.99. The zero-order valence-corrected chi connectivity index (χ0v) is 11.8. The minimum absolute atomic E-state index is 0.0861. The van der Waals surface area contributed by atoms with E-state index in [0.29, 0.717) is 12.0 Å². The maximum atomic E-state index is 11.7. The molecule has 0 aromatic carbocycles. The maximum absolute atomic E-state index is 11.7. The highest BCUT2D eigenvalue weighted by molar-refractivity contribution is 5.78. The van der Waals surface area contributed by atoms with Crippen molar-refractivity contribution in [1.82, 2.24) is 10.2 Å². The van der Waals surface area contributed by atoms with Crippen LogP contribution < -0.4 is 5.32 Å². The van der Waals surface area contributed by atoms with Crippen molar-refractivity contribution < 1.29 is 4.79 Å². The van der Waals surface area contributed by atoms with Gasteiger partial charge in [0.05, 0.1) is 0 Å². The number of nitrogens with zero attached hydrogens (tertiary/aromatic N) is 1. The Balaban J connectivity index is 2.34. The number of carbonyl (C=O) groups is 1. The molecule has 1 heterocycles. The van der Waals surface area contributed by atoms with Crippen LogP contribution in [0.2, 0.25) is 0 Å². The van der Waals surface area contributed by atoms with E-state index in [1.807, 2.05) is 13.8 Å². The molecule has 1 aliphatic rings. The molecule has 0 aromatic heterocycles. The highest BCUT2D eigenvalue weighted by Gasteiger charge is 2.20. The predicted octanol–water partition coefficient (Wildman–Crippen LogP) is 2.27. The molecule has 0 radical (unpaired) electrons. The fourth-order valence-electron chi connectivity index (χ4n) is 2.25. The zero-order valence-electron chi connectivity index (χ0n) is 11.8. The third-order valence-electron chi connectivity index (χ3n) is 3.61. The number of nitrogens with one attached hydrogen (secondary N) is 1. The number of carbonyl (C=O) groups excluding carboxylic acids is 1. The average Bonchev–Trinajstić information content (AvgIpc) is 2.75. The number of likely N-dealkylation sites (tertiary alicyclic amines) is 1. The summed E-state index contributed by atoms with van der Waals surface area (Å²) in [7, 11) is 0. The summed E-state index contributed by atoms with van der Waals surface area (Å²) in [5.41, 5.74) is 0. The summed E-state index contributed by atoms with van der Waals surface area (Å²) in [4.78, 5) is 14.2. The second kappa shape index (κ2) is 7.00. The number of rotatable bonds is 6. The van der Waals surface area contributed by atoms with Gasteiger partial charge in [-0.3, -0.25) is 4.79 Å². The van der Waals surface area contributed by atoms with Crippen molar-refractivity contribution in [1.29, 1.82) is 0 Å². The van der Waals surface area contributed by atoms with Gasteiger partial charge in [0, 0.05) is 18.5 Å². The van der Waals surface area contributed by atoms with E-state index in [-0.39, 0.29) is 11.8 Å². The monoisotopic (exact) mass is 240 g/mol. The molecule has 1 fully saturated rings. The summed E-state index contributed by atoms with van der Waals surface area (Å²) in [5.74, 6) is 0.786. The van der Waals surface area contributed by atoms with E-state index < -0.39 is 0 Å². The average molecular weight is 240 g/mol. The molecule has 100 valence electrons. The first-order chi connectivity index (χ1) is 8.00. The van der Waals surface area contributed by atoms with Crippen LogP contribution in [0.1, 0.15) is 47.0 Å². The third kappa shape index (κ3) is 5.07. The highest BCUT2D eigenvalue weighted by Crippen LogP contribution is 2.12. The molecule has 1 amide bonds. The standard InChI is InChI=1S/C14H28N2O/c1-11(2)13(15-14(17)12(3)4)7-10-16-8-5-6-9-16/h11-13H,5-10H2,1-4H3,(H,15,17). The van der Waals surface area contributed by atoms with E-state index >= 15 is 0 Å². The topological polar surface area (TPSA) is 32.3 Å². The molecule has 1 rings (SSSR count). The quantitative estimate of drug-likeness (QED) is 0.772. The van der Waals surface area contributed by atoms with Crippen LogP contribution in [0.3, 0.4) is 0 Å². The molecule has 3 heteroatoms. The summed E-state index contributed by atoms with van der Waals surface area (Å²) in [6.07, 6.45) is 3.76. The summed E-state index contributed by atoms with van der Waals surface area (Å²) < 4.78 is 0. The maximum Gasteiger partial charge on any atom is 0.222 e. The van der Waals surface area contributed by atoms with E-state index in [1.54, 1.807) is 0 Å². The lowest BCUT2D eigenvalue weighted by Crippen LogP contribution is -2.42. The molecule has 0 aromatic rings. The summed E-state index contributed by atoms with van der Waals surface area (Å²) in [6, 6.07) is 0.325. The van der Waals surface area contributed by atoms with Gasteiger partial charge in [-0.05, 0) is 38.3 Å². The normalized spacial score (nSPS) is 18.9. The molecule has 0 bridgehead atoms. The zero-order chi connectivity index (χ0) is 12.8. The van der Waals surface area contributed by atoms with Crippen LogP contribution in [-0.2, 0) is 4.79 Å². The van der Waals surface area contributed by atoms with E-state index in [0.717, 1.165) is 13.0 Å². The van der Waals surface area contributed by atoms with Gasteiger partial charge in [0.15, 0.2) is 0 Å². The SMILES string of the molecule is CC(C)C(=O)NC(CCN1CCCC1)C(C)C. The Hall–Kier alpha value is -0.570. The minimum atomic E-state index is 0.0861. The van der Waals surface area contributed by atoms with Crippen molar-refractivity contribution >= 4 is 5.91 Å². The molecular weight excluding hydrogens is 212 g/mol. The molecular formula is C14H28N2O. The first kappa shape index (κ1) is 14.5. The molecule has 0 spiro atoms. The van der Waals surface area contributed by atoms with Gasteiger partial charge in [0.25, 0.3) is 0 Å². The molecule has 1 N–H and O–H groups in total. The fraction of sp³-hybridized carbons (Fsp3) is 0.929. The Labute approximate surface area is 106 Å². The summed E-state index contributed by atoms with van der Waals surface area (Å²) in [6.45, 7) is 11.9. The number of amides is 1. The van der Waals surface area contributed by atoms with Crippen molar-refractivity contribution in [3.63, 3.8) is 0 Å². The van der Waals surface area contributed by atoms with Crippen LogP contribution >= 0.6 is 0 Å². The number of hydrogen-bond donors (Lipinski definition) is 1. The largest absolute Gasteiger partial charge is 0.353 e. The lowest BCUT2D eigenvalue weighted by Gasteiger charge is -2.26. The van der Waals surface area contributed by atoms with Crippen molar-refractivity contribution in [3.05, 3.63) is 0 Å². The molecule has 1 atom stereocenters. The van der Waals surface area contributed by atoms with Crippen molar-refractivity contribution in [3.8, 4) is 0 Å². The van der Waals surface area contributed by atoms with E-state index in [2.05, 4.69) is 24.1 Å². The van der Waals surface area contributed by atoms with Gasteiger partial charge >= 0.3 is 0 Å². The number of hydrogen-bond acceptors (Lipinski definition) is 2. The van der Waals surface area contributed by atoms with Crippen LogP contribution in [0.25, 0.3) is 0 Å². The Morgan fingerprint density at radius 1 is 1.18 bits per heavy atom. The van der Waals surface area contributed by atoms with Gasteiger partial charge < -0.3 is 10.2 Å². The lowest BCUT2D eigenvalue weighted by molar-refractivity contribution is -0.125. The second-order valence-corrected chi connectivity index (χ2v) is 5.85. The highest BCUT2D eigenvalue weighted by atomic mass is 16.1. The van der Waals surface area contributed by atoms with Gasteiger partial charge in [0.2, 0.25) is 5.91 Å². The third-order valence-corrected chi connectivity index (χ3v) is 3.61. The molecule has 0 aliphatic carbocycles. The molecule has 1 unspecified atom stereocenters. The predicted molar refractivity (Wildman–Crippen MR) is 71.9 cm³/mol. The van der Waals surface area contributed by atoms with E-state index in [1.165, 1.54) is 25.9 Å². The van der Waals surface area contributed by atoms with E-state index in [4.69, 9.17) is 0 Å². The Morgan fingerprint density at radius 3 is 2.24 bits per heavy atom. The van der Waals surface area contributed by atoms with Gasteiger partial charge in [-0.1, -0.05) is 27.7 Å². The Bertz CT molecular complexity index is 232. The van der Waals surface area contributed by atoms with Crippen LogP contribution in [0.5, 0.6) is 0 Å². The van der Waals surface area contributed by atoms with Gasteiger partial charge in [-0.2, -0.15) is 0 Å². The van der Waals surface area contributed by atoms with Gasteiger partial charge in [-0.15, -0.1) is 0 Å². The van der Waals surface area contributed by atoms with Crippen LogP contribution in [0, 0.1) is 11.8 Å². The van der Waals surface area contributed by atoms with E-state index in [9.17, 15) is 4.79 Å². The molecule has 1 saturated heterocycles. The molecule has 3 nitrogen and oxygen atoms in total. The first-order valence-corrected chi connectivity index (χ1v) is 7.03. The van der Waals surface area contributed by atoms with Gasteiger partial charge in [-0.25, -0.2) is 0 Å². The second-order valence-electron chi connectivity index (χ2n) is 5.85. The van der Waals surface area contributed by atoms with Crippen LogP contribution in [0.15, 0.2) is 0 Å². The van der Waals surface area contributed by atoms with Crippen molar-refractivity contribution in [2.45, 2.75) is 53.0 Å². The smallest absolute Gasteiger partial charge is 0.222 e. The summed E-state index contributed by atoms with van der Waals surface area (Å²) >= 11 is 0. The fourth-order valence-corrected chi connectivity index (χ4v) is 2.25. The van der Waals surface area contributed by atoms with Crippen LogP contribution in [0.4, 0.5) is 0 Å².